The molecule has 20 aromatic rings. The van der Waals surface area contributed by atoms with Crippen molar-refractivity contribution < 1.29 is 0 Å². The first kappa shape index (κ1) is 68.5. The Bertz CT molecular complexity index is 6810. The predicted molar refractivity (Wildman–Crippen MR) is 480 cm³/mol. The first-order chi connectivity index (χ1) is 55.5. The first-order valence-corrected chi connectivity index (χ1v) is 39.7. The third kappa shape index (κ3) is 11.9. The van der Waals surface area contributed by atoms with Crippen molar-refractivity contribution in [2.45, 2.75) is 38.5 Å². The number of benzene rings is 16. The fourth-order valence-electron chi connectivity index (χ4n) is 17.9. The fourth-order valence-corrected chi connectivity index (χ4v) is 18.3. The minimum Gasteiger partial charge on any atom is -0.354 e. The second-order valence-corrected chi connectivity index (χ2v) is 31.6. The van der Waals surface area contributed by atoms with Crippen LogP contribution in [0.1, 0.15) is 49.9 Å². The molecule has 0 amide bonds. The van der Waals surface area contributed by atoms with Crippen LogP contribution < -0.4 is 9.80 Å². The van der Waals surface area contributed by atoms with Gasteiger partial charge in [-0.1, -0.05) is 298 Å². The van der Waals surface area contributed by atoms with Crippen LogP contribution in [0.2, 0.25) is 0 Å². The fraction of sp³-hybridized carbons (Fsp3) is 0.0566. The molecule has 0 saturated heterocycles. The van der Waals surface area contributed by atoms with E-state index < -0.39 is 0 Å². The Hall–Kier alpha value is -13.7. The molecule has 2 aliphatic rings. The molecule has 0 atom stereocenters. The standard InChI is InChI=1S/C53H39N3.C32H22N2.C21H18BrN/c1-53(2)46-23-10-13-26-50(46)55(51-27-14-11-24-47(51)53)40-20-15-21-41(35-40)56-49-25-12-9-22-43(49)44-28-29-48-45(52(44)56)30-31-54(48)42-33-38(36-16-5-3-6-17-36)32-39(34-42)37-18-7-4-8-19-37;1-3-9-22(10-4-1)24-19-25(23-11-5-2-6-12-23)21-26(20-24)34-18-17-29-31(34)16-15-28-27-13-7-8-14-30(27)33-32(28)29;1-21(2)17-10-3-5-12-19(17)23(16-9-7-8-15(22)14-16)20-13-6-4-11-18(20)21/h3-35H,1-2H3;1-21,33H;3-14H,1-2H3. The Morgan fingerprint density at radius 1 is 0.248 bits per heavy atom. The molecule has 0 unspecified atom stereocenters. The number of nitrogens with one attached hydrogen (secondary N) is 1. The molecule has 0 radical (unpaired) electrons. The molecule has 0 aliphatic carbocycles. The molecule has 0 saturated carbocycles. The predicted octanol–water partition coefficient (Wildman–Crippen LogP) is 29.3. The smallest absolute Gasteiger partial charge is 0.0635 e. The van der Waals surface area contributed by atoms with Crippen molar-refractivity contribution in [1.29, 1.82) is 0 Å². The van der Waals surface area contributed by atoms with E-state index in [-0.39, 0.29) is 10.8 Å². The summed E-state index contributed by atoms with van der Waals surface area (Å²) in [5, 5.41) is 7.48. The van der Waals surface area contributed by atoms with Crippen LogP contribution in [0.5, 0.6) is 0 Å². The van der Waals surface area contributed by atoms with E-state index in [0.717, 1.165) is 27.2 Å². The Balaban J connectivity index is 0.000000123. The van der Waals surface area contributed by atoms with Gasteiger partial charge in [0.1, 0.15) is 0 Å². The molecule has 0 bridgehead atoms. The van der Waals surface area contributed by atoms with Gasteiger partial charge in [-0.15, -0.1) is 0 Å². The van der Waals surface area contributed by atoms with Crippen LogP contribution in [-0.4, -0.2) is 18.7 Å². The molecule has 0 fully saturated rings. The number of hydrogen-bond donors (Lipinski definition) is 1. The summed E-state index contributed by atoms with van der Waals surface area (Å²) >= 11 is 3.60. The summed E-state index contributed by atoms with van der Waals surface area (Å²) in [5.41, 5.74) is 32.8. The Morgan fingerprint density at radius 3 is 1.11 bits per heavy atom. The molecule has 0 spiro atoms. The van der Waals surface area contributed by atoms with E-state index in [0.29, 0.717) is 0 Å². The summed E-state index contributed by atoms with van der Waals surface area (Å²) in [4.78, 5) is 8.46. The topological polar surface area (TPSA) is 37.1 Å². The number of rotatable bonds is 9. The van der Waals surface area contributed by atoms with Crippen LogP contribution in [0.15, 0.2) is 405 Å². The van der Waals surface area contributed by atoms with Crippen molar-refractivity contribution in [1.82, 2.24) is 18.7 Å². The molecule has 2 aliphatic heterocycles. The van der Waals surface area contributed by atoms with Gasteiger partial charge in [-0.25, -0.2) is 0 Å². The molecule has 540 valence electrons. The number of fused-ring (bicyclic) bond motifs is 14. The third-order valence-corrected chi connectivity index (χ3v) is 23.9. The van der Waals surface area contributed by atoms with Gasteiger partial charge < -0.3 is 28.5 Å². The molecule has 6 nitrogen and oxygen atoms in total. The van der Waals surface area contributed by atoms with Gasteiger partial charge in [0.05, 0.1) is 50.3 Å². The molecular formula is C106H79BrN6. The van der Waals surface area contributed by atoms with Gasteiger partial charge in [0, 0.05) is 94.0 Å². The van der Waals surface area contributed by atoms with Gasteiger partial charge in [0.2, 0.25) is 0 Å². The zero-order valence-electron chi connectivity index (χ0n) is 63.2. The number of anilines is 6. The van der Waals surface area contributed by atoms with E-state index in [1.54, 1.807) is 0 Å². The highest BCUT2D eigenvalue weighted by Crippen LogP contribution is 2.54. The molecule has 22 rings (SSSR count). The van der Waals surface area contributed by atoms with Crippen LogP contribution in [0, 0.1) is 0 Å². The quantitative estimate of drug-likeness (QED) is 0.156. The van der Waals surface area contributed by atoms with Gasteiger partial charge in [-0.3, -0.25) is 0 Å². The van der Waals surface area contributed by atoms with Crippen molar-refractivity contribution >= 4 is 115 Å². The lowest BCUT2D eigenvalue weighted by Crippen LogP contribution is -2.30. The zero-order chi connectivity index (χ0) is 75.9. The summed E-state index contributed by atoms with van der Waals surface area (Å²) < 4.78 is 8.23. The van der Waals surface area contributed by atoms with Gasteiger partial charge >= 0.3 is 0 Å². The second-order valence-electron chi connectivity index (χ2n) is 30.7. The summed E-state index contributed by atoms with van der Waals surface area (Å²) in [7, 11) is 0. The number of nitrogens with zero attached hydrogens (tertiary/aromatic N) is 5. The average Bonchev–Trinajstić information content (AvgIpc) is 1.70. The molecule has 7 heteroatoms. The highest BCUT2D eigenvalue weighted by molar-refractivity contribution is 9.10. The summed E-state index contributed by atoms with van der Waals surface area (Å²) in [5.74, 6) is 0. The number of aromatic amines is 1. The minimum absolute atomic E-state index is 0.00427. The highest BCUT2D eigenvalue weighted by atomic mass is 79.9. The zero-order valence-corrected chi connectivity index (χ0v) is 64.8. The summed E-state index contributed by atoms with van der Waals surface area (Å²) in [6.45, 7) is 9.30. The van der Waals surface area contributed by atoms with Gasteiger partial charge in [0.15, 0.2) is 0 Å². The maximum Gasteiger partial charge on any atom is 0.0635 e. The van der Waals surface area contributed by atoms with Crippen molar-refractivity contribution in [3.05, 3.63) is 427 Å². The molecule has 16 aromatic carbocycles. The molecule has 4 aromatic heterocycles. The highest BCUT2D eigenvalue weighted by Gasteiger charge is 2.38. The monoisotopic (exact) mass is 1510 g/mol. The lowest BCUT2D eigenvalue weighted by Gasteiger charge is -2.42. The first-order valence-electron chi connectivity index (χ1n) is 38.9. The van der Waals surface area contributed by atoms with Gasteiger partial charge in [0.25, 0.3) is 0 Å². The van der Waals surface area contributed by atoms with Gasteiger partial charge in [-0.05, 0) is 200 Å². The van der Waals surface area contributed by atoms with Crippen LogP contribution in [0.4, 0.5) is 34.1 Å². The van der Waals surface area contributed by atoms with Crippen molar-refractivity contribution in [2.75, 3.05) is 9.80 Å². The minimum atomic E-state index is -0.116. The van der Waals surface area contributed by atoms with E-state index >= 15 is 0 Å². The second kappa shape index (κ2) is 28.0. The lowest BCUT2D eigenvalue weighted by atomic mass is 9.73. The van der Waals surface area contributed by atoms with Crippen molar-refractivity contribution in [2.24, 2.45) is 0 Å². The molecule has 6 heterocycles. The third-order valence-electron chi connectivity index (χ3n) is 23.4. The number of halogens is 1. The Kier molecular flexibility index (Phi) is 17.0. The lowest BCUT2D eigenvalue weighted by molar-refractivity contribution is 0.631. The van der Waals surface area contributed by atoms with Crippen LogP contribution in [0.3, 0.4) is 0 Å². The largest absolute Gasteiger partial charge is 0.354 e. The Labute approximate surface area is 666 Å². The number of aromatic nitrogens is 4. The van der Waals surface area contributed by atoms with Crippen LogP contribution in [0.25, 0.3) is 127 Å². The number of hydrogen-bond acceptors (Lipinski definition) is 2. The molecular weight excluding hydrogens is 1440 g/mol. The van der Waals surface area contributed by atoms with Crippen molar-refractivity contribution in [3.63, 3.8) is 0 Å². The maximum atomic E-state index is 3.65. The number of H-pyrrole nitrogens is 1. The Morgan fingerprint density at radius 2 is 0.628 bits per heavy atom. The van der Waals surface area contributed by atoms with E-state index in [1.165, 1.54) is 161 Å². The van der Waals surface area contributed by atoms with E-state index in [9.17, 15) is 0 Å². The van der Waals surface area contributed by atoms with Crippen molar-refractivity contribution in [3.8, 4) is 61.6 Å². The van der Waals surface area contributed by atoms with E-state index in [4.69, 9.17) is 0 Å². The average molecular weight is 1520 g/mol. The summed E-state index contributed by atoms with van der Waals surface area (Å²) in [6.07, 6.45) is 4.43. The number of para-hydroxylation sites is 6. The maximum absolute atomic E-state index is 3.65. The summed E-state index contributed by atoms with van der Waals surface area (Å²) in [6, 6.07) is 140. The van der Waals surface area contributed by atoms with E-state index in [2.05, 4.69) is 473 Å². The van der Waals surface area contributed by atoms with E-state index in [1.807, 2.05) is 0 Å². The molecule has 1 N–H and O–H groups in total. The SMILES string of the molecule is CC1(C)c2ccccc2N(c2cccc(-n3c4ccccc4c4ccc5c(ccn5-c5cc(-c6ccccc6)cc(-c6ccccc6)c5)c43)c2)c2ccccc21.CC1(C)c2ccccc2N(c2cccc(Br)c2)c2ccccc21.c1ccc(-c2cc(-c3ccccc3)cc(-n3ccc4c5[nH]c6ccccc6c5ccc43)c2)cc1. The van der Waals surface area contributed by atoms with Gasteiger partial charge in [-0.2, -0.15) is 0 Å². The normalized spacial score (nSPS) is 13.1. The van der Waals surface area contributed by atoms with Crippen LogP contribution in [-0.2, 0) is 10.8 Å². The molecule has 113 heavy (non-hydrogen) atoms. The van der Waals surface area contributed by atoms with Crippen LogP contribution >= 0.6 is 15.9 Å².